The number of carbonyl (C=O) groups is 1. The van der Waals surface area contributed by atoms with E-state index < -0.39 is 0 Å². The third-order valence-corrected chi connectivity index (χ3v) is 3.23. The van der Waals surface area contributed by atoms with Crippen LogP contribution in [0.1, 0.15) is 42.6 Å². The van der Waals surface area contributed by atoms with Crippen LogP contribution in [0.5, 0.6) is 5.88 Å². The molecule has 0 saturated carbocycles. The summed E-state index contributed by atoms with van der Waals surface area (Å²) in [5, 5.41) is 1.05. The topological polar surface area (TPSA) is 39.2 Å². The summed E-state index contributed by atoms with van der Waals surface area (Å²) in [5.74, 6) is 0.819. The van der Waals surface area contributed by atoms with Crippen LogP contribution in [0.25, 0.3) is 10.9 Å². The zero-order valence-corrected chi connectivity index (χ0v) is 11.7. The molecule has 0 aliphatic heterocycles. The summed E-state index contributed by atoms with van der Waals surface area (Å²) in [7, 11) is 1.62. The monoisotopic (exact) mass is 257 g/mol. The van der Waals surface area contributed by atoms with Gasteiger partial charge in [0.1, 0.15) is 0 Å². The average Bonchev–Trinajstić information content (AvgIpc) is 2.45. The van der Waals surface area contributed by atoms with E-state index in [0.717, 1.165) is 34.9 Å². The fourth-order valence-corrected chi connectivity index (χ4v) is 2.17. The van der Waals surface area contributed by atoms with Gasteiger partial charge in [-0.2, -0.15) is 0 Å². The van der Waals surface area contributed by atoms with E-state index in [0.29, 0.717) is 12.3 Å². The van der Waals surface area contributed by atoms with Gasteiger partial charge >= 0.3 is 0 Å². The van der Waals surface area contributed by atoms with Gasteiger partial charge in [0.2, 0.25) is 5.88 Å². The van der Waals surface area contributed by atoms with Gasteiger partial charge in [-0.25, -0.2) is 4.98 Å². The number of ether oxygens (including phenoxy) is 1. The third kappa shape index (κ3) is 2.75. The van der Waals surface area contributed by atoms with Gasteiger partial charge in [0, 0.05) is 22.9 Å². The molecule has 0 radical (unpaired) electrons. The lowest BCUT2D eigenvalue weighted by atomic mass is 10.0. The summed E-state index contributed by atoms with van der Waals surface area (Å²) in [4.78, 5) is 16.4. The van der Waals surface area contributed by atoms with Gasteiger partial charge in [-0.3, -0.25) is 4.79 Å². The van der Waals surface area contributed by atoms with Crippen molar-refractivity contribution in [2.45, 2.75) is 33.1 Å². The molecule has 2 rings (SSSR count). The molecule has 1 heterocycles. The number of methoxy groups -OCH3 is 1. The molecule has 19 heavy (non-hydrogen) atoms. The fourth-order valence-electron chi connectivity index (χ4n) is 2.17. The molecule has 0 bridgehead atoms. The maximum absolute atomic E-state index is 11.9. The molecule has 0 amide bonds. The van der Waals surface area contributed by atoms with E-state index in [1.807, 2.05) is 25.1 Å². The van der Waals surface area contributed by atoms with Crippen molar-refractivity contribution in [2.24, 2.45) is 0 Å². The summed E-state index contributed by atoms with van der Waals surface area (Å²) in [6.45, 7) is 4.08. The van der Waals surface area contributed by atoms with Gasteiger partial charge in [-0.05, 0) is 25.0 Å². The first-order chi connectivity index (χ1) is 9.19. The van der Waals surface area contributed by atoms with Crippen molar-refractivity contribution in [2.75, 3.05) is 7.11 Å². The number of rotatable bonds is 5. The highest BCUT2D eigenvalue weighted by Crippen LogP contribution is 2.24. The van der Waals surface area contributed by atoms with Gasteiger partial charge < -0.3 is 4.74 Å². The zero-order chi connectivity index (χ0) is 13.8. The van der Waals surface area contributed by atoms with Crippen molar-refractivity contribution in [3.63, 3.8) is 0 Å². The van der Waals surface area contributed by atoms with Crippen molar-refractivity contribution in [3.05, 3.63) is 35.4 Å². The zero-order valence-electron chi connectivity index (χ0n) is 11.7. The molecule has 0 atom stereocenters. The van der Waals surface area contributed by atoms with Crippen LogP contribution in [0.4, 0.5) is 0 Å². The molecule has 2 aromatic rings. The second-order valence-electron chi connectivity index (χ2n) is 4.59. The number of hydrogen-bond acceptors (Lipinski definition) is 3. The summed E-state index contributed by atoms with van der Waals surface area (Å²) in [5.41, 5.74) is 2.63. The highest BCUT2D eigenvalue weighted by Gasteiger charge is 2.09. The van der Waals surface area contributed by atoms with Crippen molar-refractivity contribution >= 4 is 16.7 Å². The Morgan fingerprint density at radius 1 is 1.26 bits per heavy atom. The minimum absolute atomic E-state index is 0.171. The van der Waals surface area contributed by atoms with E-state index in [-0.39, 0.29) is 5.78 Å². The minimum atomic E-state index is 0.171. The standard InChI is InChI=1S/C16H19NO2/c1-4-6-15(18)13-8-7-12-9-11(5-2)16(19-3)17-14(12)10-13/h7-10H,4-6H2,1-3H3. The molecule has 1 aromatic carbocycles. The van der Waals surface area contributed by atoms with Crippen LogP contribution < -0.4 is 4.74 Å². The molecule has 3 nitrogen and oxygen atoms in total. The van der Waals surface area contributed by atoms with Crippen LogP contribution in [-0.2, 0) is 6.42 Å². The van der Waals surface area contributed by atoms with E-state index in [2.05, 4.69) is 18.0 Å². The maximum Gasteiger partial charge on any atom is 0.216 e. The number of Topliss-reactive ketones (excluding diaryl/α,β-unsaturated/α-hetero) is 1. The molecule has 0 aliphatic rings. The predicted molar refractivity (Wildman–Crippen MR) is 76.9 cm³/mol. The van der Waals surface area contributed by atoms with Gasteiger partial charge in [0.05, 0.1) is 12.6 Å². The van der Waals surface area contributed by atoms with E-state index in [1.54, 1.807) is 7.11 Å². The van der Waals surface area contributed by atoms with Gasteiger partial charge in [0.25, 0.3) is 0 Å². The second-order valence-corrected chi connectivity index (χ2v) is 4.59. The Bertz CT molecular complexity index is 605. The molecule has 0 unspecified atom stereocenters. The average molecular weight is 257 g/mol. The SMILES string of the molecule is CCCC(=O)c1ccc2cc(CC)c(OC)nc2c1. The predicted octanol–water partition coefficient (Wildman–Crippen LogP) is 3.79. The van der Waals surface area contributed by atoms with Crippen LogP contribution in [0, 0.1) is 0 Å². The Morgan fingerprint density at radius 2 is 2.05 bits per heavy atom. The number of carbonyl (C=O) groups excluding carboxylic acids is 1. The van der Waals surface area contributed by atoms with E-state index in [4.69, 9.17) is 4.74 Å². The smallest absolute Gasteiger partial charge is 0.216 e. The molecule has 0 fully saturated rings. The lowest BCUT2D eigenvalue weighted by Gasteiger charge is -2.08. The first-order valence-electron chi connectivity index (χ1n) is 6.70. The number of pyridine rings is 1. The number of aryl methyl sites for hydroxylation is 1. The van der Waals surface area contributed by atoms with Crippen LogP contribution in [-0.4, -0.2) is 17.9 Å². The number of benzene rings is 1. The quantitative estimate of drug-likeness (QED) is 0.765. The lowest BCUT2D eigenvalue weighted by molar-refractivity contribution is 0.0982. The normalized spacial score (nSPS) is 10.7. The summed E-state index contributed by atoms with van der Waals surface area (Å²) in [6, 6.07) is 7.78. The van der Waals surface area contributed by atoms with Crippen LogP contribution >= 0.6 is 0 Å². The number of hydrogen-bond donors (Lipinski definition) is 0. The Kier molecular flexibility index (Phi) is 4.15. The van der Waals surface area contributed by atoms with Crippen LogP contribution in [0.15, 0.2) is 24.3 Å². The fraction of sp³-hybridized carbons (Fsp3) is 0.375. The molecule has 1 aromatic heterocycles. The van der Waals surface area contributed by atoms with Crippen LogP contribution in [0.2, 0.25) is 0 Å². The molecule has 0 N–H and O–H groups in total. The largest absolute Gasteiger partial charge is 0.481 e. The van der Waals surface area contributed by atoms with Gasteiger partial charge in [-0.15, -0.1) is 0 Å². The molecular formula is C16H19NO2. The molecule has 0 spiro atoms. The first-order valence-corrected chi connectivity index (χ1v) is 6.70. The lowest BCUT2D eigenvalue weighted by Crippen LogP contribution is -1.99. The Morgan fingerprint density at radius 3 is 2.68 bits per heavy atom. The highest BCUT2D eigenvalue weighted by molar-refractivity contribution is 5.99. The van der Waals surface area contributed by atoms with Crippen molar-refractivity contribution in [1.29, 1.82) is 0 Å². The Balaban J connectivity index is 2.50. The number of aromatic nitrogens is 1. The Hall–Kier alpha value is -1.90. The maximum atomic E-state index is 11.9. The van der Waals surface area contributed by atoms with Crippen LogP contribution in [0.3, 0.4) is 0 Å². The molecule has 0 aliphatic carbocycles. The van der Waals surface area contributed by atoms with E-state index in [1.165, 1.54) is 0 Å². The molecule has 3 heteroatoms. The number of nitrogens with zero attached hydrogens (tertiary/aromatic N) is 1. The molecule has 0 saturated heterocycles. The summed E-state index contributed by atoms with van der Waals surface area (Å²) in [6.07, 6.45) is 2.32. The second kappa shape index (κ2) is 5.83. The number of ketones is 1. The number of fused-ring (bicyclic) bond motifs is 1. The van der Waals surface area contributed by atoms with Crippen molar-refractivity contribution < 1.29 is 9.53 Å². The van der Waals surface area contributed by atoms with Gasteiger partial charge in [0.15, 0.2) is 5.78 Å². The minimum Gasteiger partial charge on any atom is -0.481 e. The van der Waals surface area contributed by atoms with Gasteiger partial charge in [-0.1, -0.05) is 26.0 Å². The van der Waals surface area contributed by atoms with Crippen molar-refractivity contribution in [3.8, 4) is 5.88 Å². The Labute approximate surface area is 113 Å². The highest BCUT2D eigenvalue weighted by atomic mass is 16.5. The summed E-state index contributed by atoms with van der Waals surface area (Å²) < 4.78 is 5.30. The first kappa shape index (κ1) is 13.5. The third-order valence-electron chi connectivity index (χ3n) is 3.23. The molecular weight excluding hydrogens is 238 g/mol. The van der Waals surface area contributed by atoms with Crippen molar-refractivity contribution in [1.82, 2.24) is 4.98 Å². The van der Waals surface area contributed by atoms with E-state index >= 15 is 0 Å². The van der Waals surface area contributed by atoms with E-state index in [9.17, 15) is 4.79 Å². The molecule has 100 valence electrons. The summed E-state index contributed by atoms with van der Waals surface area (Å²) >= 11 is 0.